The molecule has 3 N–H and O–H groups in total. The normalized spacial score (nSPS) is 11.2. The zero-order valence-electron chi connectivity index (χ0n) is 12.1. The topological polar surface area (TPSA) is 75.4 Å². The van der Waals surface area contributed by atoms with Crippen LogP contribution < -0.4 is 11.1 Å². The average Bonchev–Trinajstić information content (AvgIpc) is 2.28. The Balaban J connectivity index is 3.92. The van der Waals surface area contributed by atoms with Crippen LogP contribution in [0, 0.1) is 5.41 Å². The predicted octanol–water partition coefficient (Wildman–Crippen LogP) is 0.736. The van der Waals surface area contributed by atoms with Crippen LogP contribution in [-0.4, -0.2) is 43.4 Å². The summed E-state index contributed by atoms with van der Waals surface area (Å²) in [5.41, 5.74) is 5.57. The lowest BCUT2D eigenvalue weighted by molar-refractivity contribution is -0.131. The molecule has 0 unspecified atom stereocenters. The number of hydrogen-bond donors (Lipinski definition) is 2. The van der Waals surface area contributed by atoms with E-state index in [2.05, 4.69) is 5.32 Å². The molecular weight excluding hydrogens is 230 g/mol. The summed E-state index contributed by atoms with van der Waals surface area (Å²) < 4.78 is 0. The Morgan fingerprint density at radius 3 is 2.39 bits per heavy atom. The molecule has 0 aliphatic rings. The van der Waals surface area contributed by atoms with E-state index in [-0.39, 0.29) is 17.2 Å². The molecule has 18 heavy (non-hydrogen) atoms. The van der Waals surface area contributed by atoms with Crippen LogP contribution in [0.15, 0.2) is 0 Å². The second-order valence-corrected chi connectivity index (χ2v) is 5.43. The molecule has 0 saturated carbocycles. The molecule has 2 amide bonds. The minimum Gasteiger partial charge on any atom is -0.356 e. The van der Waals surface area contributed by atoms with Gasteiger partial charge >= 0.3 is 0 Å². The first-order valence-corrected chi connectivity index (χ1v) is 6.53. The first-order chi connectivity index (χ1) is 8.32. The Kier molecular flexibility index (Phi) is 7.59. The van der Waals surface area contributed by atoms with Crippen molar-refractivity contribution in [1.82, 2.24) is 10.2 Å². The number of rotatable bonds is 8. The largest absolute Gasteiger partial charge is 0.356 e. The maximum absolute atomic E-state index is 11.8. The zero-order chi connectivity index (χ0) is 14.2. The summed E-state index contributed by atoms with van der Waals surface area (Å²) in [6.07, 6.45) is 1.42. The van der Waals surface area contributed by atoms with Gasteiger partial charge < -0.3 is 16.0 Å². The first-order valence-electron chi connectivity index (χ1n) is 6.53. The third-order valence-corrected chi connectivity index (χ3v) is 2.81. The SMILES string of the molecule is CCNC(=O)CCCC(=O)N(C)CC(C)(C)CN. The van der Waals surface area contributed by atoms with Crippen LogP contribution >= 0.6 is 0 Å². The van der Waals surface area contributed by atoms with Crippen LogP contribution in [0.2, 0.25) is 0 Å². The van der Waals surface area contributed by atoms with E-state index in [4.69, 9.17) is 5.73 Å². The van der Waals surface area contributed by atoms with Crippen molar-refractivity contribution in [2.45, 2.75) is 40.0 Å². The summed E-state index contributed by atoms with van der Waals surface area (Å²) in [7, 11) is 1.78. The van der Waals surface area contributed by atoms with Crippen molar-refractivity contribution in [2.24, 2.45) is 11.1 Å². The fraction of sp³-hybridized carbons (Fsp3) is 0.846. The van der Waals surface area contributed by atoms with Gasteiger partial charge in [0.15, 0.2) is 0 Å². The standard InChI is InChI=1S/C13H27N3O2/c1-5-15-11(17)7-6-8-12(18)16(4)10-13(2,3)9-14/h5-10,14H2,1-4H3,(H,15,17). The fourth-order valence-electron chi connectivity index (χ4n) is 1.67. The maximum atomic E-state index is 11.8. The molecule has 106 valence electrons. The summed E-state index contributed by atoms with van der Waals surface area (Å²) in [6.45, 7) is 7.77. The van der Waals surface area contributed by atoms with E-state index in [1.807, 2.05) is 20.8 Å². The molecule has 0 aromatic rings. The van der Waals surface area contributed by atoms with Crippen molar-refractivity contribution in [3.05, 3.63) is 0 Å². The lowest BCUT2D eigenvalue weighted by Gasteiger charge is -2.29. The molecule has 0 aliphatic heterocycles. The van der Waals surface area contributed by atoms with Gasteiger partial charge in [0.2, 0.25) is 11.8 Å². The van der Waals surface area contributed by atoms with Gasteiger partial charge in [0.05, 0.1) is 0 Å². The van der Waals surface area contributed by atoms with Crippen molar-refractivity contribution in [1.29, 1.82) is 0 Å². The highest BCUT2D eigenvalue weighted by Gasteiger charge is 2.20. The van der Waals surface area contributed by atoms with E-state index >= 15 is 0 Å². The van der Waals surface area contributed by atoms with Crippen LogP contribution in [0.4, 0.5) is 0 Å². The van der Waals surface area contributed by atoms with Crippen molar-refractivity contribution >= 4 is 11.8 Å². The van der Waals surface area contributed by atoms with Crippen LogP contribution in [0.25, 0.3) is 0 Å². The van der Waals surface area contributed by atoms with E-state index < -0.39 is 0 Å². The van der Waals surface area contributed by atoms with Gasteiger partial charge in [0, 0.05) is 33.0 Å². The monoisotopic (exact) mass is 257 g/mol. The van der Waals surface area contributed by atoms with Crippen LogP contribution in [-0.2, 0) is 9.59 Å². The molecule has 0 saturated heterocycles. The van der Waals surface area contributed by atoms with Crippen LogP contribution in [0.3, 0.4) is 0 Å². The number of hydrogen-bond acceptors (Lipinski definition) is 3. The Morgan fingerprint density at radius 2 is 1.89 bits per heavy atom. The Bertz CT molecular complexity index is 277. The molecule has 5 heteroatoms. The molecule has 0 heterocycles. The number of nitrogens with zero attached hydrogens (tertiary/aromatic N) is 1. The van der Waals surface area contributed by atoms with E-state index in [0.717, 1.165) is 0 Å². The Labute approximate surface area is 110 Å². The van der Waals surface area contributed by atoms with Gasteiger partial charge in [-0.05, 0) is 25.3 Å². The third-order valence-electron chi connectivity index (χ3n) is 2.81. The first kappa shape index (κ1) is 16.9. The van der Waals surface area contributed by atoms with Gasteiger partial charge in [-0.25, -0.2) is 0 Å². The predicted molar refractivity (Wildman–Crippen MR) is 73.0 cm³/mol. The summed E-state index contributed by atoms with van der Waals surface area (Å²) >= 11 is 0. The molecule has 0 atom stereocenters. The van der Waals surface area contributed by atoms with E-state index in [0.29, 0.717) is 38.9 Å². The molecule has 0 spiro atoms. The second kappa shape index (κ2) is 8.08. The van der Waals surface area contributed by atoms with Gasteiger partial charge in [-0.3, -0.25) is 9.59 Å². The lowest BCUT2D eigenvalue weighted by atomic mass is 9.93. The fourth-order valence-corrected chi connectivity index (χ4v) is 1.67. The summed E-state index contributed by atoms with van der Waals surface area (Å²) in [5.74, 6) is 0.0797. The van der Waals surface area contributed by atoms with Crippen molar-refractivity contribution in [2.75, 3.05) is 26.7 Å². The van der Waals surface area contributed by atoms with Gasteiger partial charge in [-0.2, -0.15) is 0 Å². The lowest BCUT2D eigenvalue weighted by Crippen LogP contribution is -2.39. The van der Waals surface area contributed by atoms with Crippen molar-refractivity contribution in [3.8, 4) is 0 Å². The highest BCUT2D eigenvalue weighted by molar-refractivity contribution is 5.78. The van der Waals surface area contributed by atoms with Crippen molar-refractivity contribution in [3.63, 3.8) is 0 Å². The quantitative estimate of drug-likeness (QED) is 0.673. The smallest absolute Gasteiger partial charge is 0.222 e. The van der Waals surface area contributed by atoms with E-state index in [1.165, 1.54) is 0 Å². The molecule has 0 aromatic heterocycles. The zero-order valence-corrected chi connectivity index (χ0v) is 12.1. The molecule has 0 aliphatic carbocycles. The van der Waals surface area contributed by atoms with Gasteiger partial charge in [-0.1, -0.05) is 13.8 Å². The van der Waals surface area contributed by atoms with Crippen LogP contribution in [0.1, 0.15) is 40.0 Å². The molecule has 0 radical (unpaired) electrons. The molecule has 5 nitrogen and oxygen atoms in total. The number of carbonyl (C=O) groups excluding carboxylic acids is 2. The Morgan fingerprint density at radius 1 is 1.28 bits per heavy atom. The number of amides is 2. The highest BCUT2D eigenvalue weighted by Crippen LogP contribution is 2.14. The Hall–Kier alpha value is -1.10. The van der Waals surface area contributed by atoms with Crippen LogP contribution in [0.5, 0.6) is 0 Å². The minimum atomic E-state index is -0.0655. The highest BCUT2D eigenvalue weighted by atomic mass is 16.2. The molecule has 0 fully saturated rings. The summed E-state index contributed by atoms with van der Waals surface area (Å²) in [5, 5.41) is 2.72. The maximum Gasteiger partial charge on any atom is 0.222 e. The summed E-state index contributed by atoms with van der Waals surface area (Å²) in [4.78, 5) is 24.7. The number of nitrogens with one attached hydrogen (secondary N) is 1. The molecule has 0 rings (SSSR count). The second-order valence-electron chi connectivity index (χ2n) is 5.43. The van der Waals surface area contributed by atoms with Gasteiger partial charge in [-0.15, -0.1) is 0 Å². The molecule has 0 bridgehead atoms. The van der Waals surface area contributed by atoms with E-state index in [9.17, 15) is 9.59 Å². The van der Waals surface area contributed by atoms with Gasteiger partial charge in [0.1, 0.15) is 0 Å². The van der Waals surface area contributed by atoms with E-state index in [1.54, 1.807) is 11.9 Å². The van der Waals surface area contributed by atoms with Gasteiger partial charge in [0.25, 0.3) is 0 Å². The number of carbonyl (C=O) groups is 2. The third kappa shape index (κ3) is 7.27. The average molecular weight is 257 g/mol. The molecular formula is C13H27N3O2. The van der Waals surface area contributed by atoms with Crippen molar-refractivity contribution < 1.29 is 9.59 Å². The minimum absolute atomic E-state index is 0.00948. The number of nitrogens with two attached hydrogens (primary N) is 1. The molecule has 0 aromatic carbocycles. The summed E-state index contributed by atoms with van der Waals surface area (Å²) in [6, 6.07) is 0.